The molecule has 0 unspecified atom stereocenters. The molecule has 0 saturated heterocycles. The predicted molar refractivity (Wildman–Crippen MR) is 117 cm³/mol. The molecule has 6 nitrogen and oxygen atoms in total. The second kappa shape index (κ2) is 7.93. The summed E-state index contributed by atoms with van der Waals surface area (Å²) in [6.07, 6.45) is 2.53. The minimum Gasteiger partial charge on any atom is -0.320 e. The molecule has 1 amide bonds. The average molecular weight is 414 g/mol. The number of carbonyl (C=O) groups is 2. The fourth-order valence-electron chi connectivity index (χ4n) is 3.30. The number of pyridine rings is 1. The van der Waals surface area contributed by atoms with Crippen molar-refractivity contribution in [1.82, 2.24) is 8.77 Å². The molecule has 1 aromatic carbocycles. The van der Waals surface area contributed by atoms with E-state index in [4.69, 9.17) is 6.57 Å². The van der Waals surface area contributed by atoms with Crippen molar-refractivity contribution < 1.29 is 9.59 Å². The van der Waals surface area contributed by atoms with E-state index in [1.54, 1.807) is 24.3 Å². The summed E-state index contributed by atoms with van der Waals surface area (Å²) in [7, 11) is 0. The molecule has 0 atom stereocenters. The van der Waals surface area contributed by atoms with E-state index in [-0.39, 0.29) is 0 Å². The van der Waals surface area contributed by atoms with E-state index in [2.05, 4.69) is 14.5 Å². The summed E-state index contributed by atoms with van der Waals surface area (Å²) in [4.78, 5) is 28.9. The number of nitrogens with one attached hydrogen (secondary N) is 1. The molecule has 0 bridgehead atoms. The molecule has 3 aromatic heterocycles. The molecule has 0 radical (unpaired) electrons. The lowest BCUT2D eigenvalue weighted by molar-refractivity contribution is -0.112. The Hall–Kier alpha value is -3.76. The third kappa shape index (κ3) is 3.86. The molecule has 3 heterocycles. The Morgan fingerprint density at radius 1 is 1.13 bits per heavy atom. The number of Topliss-reactive ketones (excluding diaryl/α,β-unsaturated/α-hetero) is 1. The van der Waals surface area contributed by atoms with Gasteiger partial charge in [0.1, 0.15) is 5.00 Å². The number of benzene rings is 1. The van der Waals surface area contributed by atoms with Gasteiger partial charge in [-0.1, -0.05) is 30.3 Å². The number of hydrogen-bond donors (Lipinski definition) is 1. The van der Waals surface area contributed by atoms with Gasteiger partial charge >= 0.3 is 0 Å². The zero-order valence-electron chi connectivity index (χ0n) is 16.5. The Labute approximate surface area is 177 Å². The van der Waals surface area contributed by atoms with Gasteiger partial charge in [0.05, 0.1) is 23.3 Å². The van der Waals surface area contributed by atoms with E-state index < -0.39 is 11.7 Å². The maximum Gasteiger partial charge on any atom is 0.297 e. The predicted octanol–water partition coefficient (Wildman–Crippen LogP) is 4.98. The van der Waals surface area contributed by atoms with Crippen LogP contribution in [0.3, 0.4) is 0 Å². The Morgan fingerprint density at radius 3 is 2.57 bits per heavy atom. The molecular weight excluding hydrogens is 396 g/mol. The first-order valence-corrected chi connectivity index (χ1v) is 10.1. The van der Waals surface area contributed by atoms with Crippen molar-refractivity contribution in [2.24, 2.45) is 0 Å². The molecule has 1 N–H and O–H groups in total. The third-order valence-electron chi connectivity index (χ3n) is 4.76. The minimum absolute atomic E-state index is 0.363. The number of amides is 1. The highest BCUT2D eigenvalue weighted by molar-refractivity contribution is 7.10. The van der Waals surface area contributed by atoms with Gasteiger partial charge in [-0.25, -0.2) is 4.85 Å². The lowest BCUT2D eigenvalue weighted by atomic mass is 10.1. The molecule has 0 spiro atoms. The number of aryl methyl sites for hydroxylation is 2. The third-order valence-corrected chi connectivity index (χ3v) is 5.55. The van der Waals surface area contributed by atoms with Crippen LogP contribution in [-0.2, 0) is 11.2 Å². The second-order valence-corrected chi connectivity index (χ2v) is 7.89. The number of anilines is 1. The number of aromatic nitrogens is 2. The Kier molecular flexibility index (Phi) is 5.17. The summed E-state index contributed by atoms with van der Waals surface area (Å²) in [5, 5.41) is 3.19. The van der Waals surface area contributed by atoms with Crippen LogP contribution in [0.2, 0.25) is 0 Å². The largest absolute Gasteiger partial charge is 0.320 e. The van der Waals surface area contributed by atoms with Crippen LogP contribution in [0, 0.1) is 20.4 Å². The van der Waals surface area contributed by atoms with E-state index in [1.165, 1.54) is 0 Å². The van der Waals surface area contributed by atoms with Crippen LogP contribution in [-0.4, -0.2) is 20.5 Å². The molecule has 7 heteroatoms. The first-order chi connectivity index (χ1) is 14.4. The first-order valence-electron chi connectivity index (χ1n) is 9.30. The molecular formula is C23H18N4O2S. The second-order valence-electron chi connectivity index (χ2n) is 7.08. The molecule has 0 saturated carbocycles. The van der Waals surface area contributed by atoms with Crippen molar-refractivity contribution in [3.8, 4) is 0 Å². The summed E-state index contributed by atoms with van der Waals surface area (Å²) in [5.74, 6) is -1.27. The van der Waals surface area contributed by atoms with Crippen molar-refractivity contribution in [2.75, 3.05) is 5.32 Å². The SMILES string of the molecule is [C-]#[N+]c1ccc(Cc2cc(C(=O)C(=O)Nc3cc(C)ns3)c3ccc(C)cn23)cc1. The van der Waals surface area contributed by atoms with Gasteiger partial charge in [-0.05, 0) is 54.7 Å². The summed E-state index contributed by atoms with van der Waals surface area (Å²) in [6, 6.07) is 14.7. The van der Waals surface area contributed by atoms with Crippen LogP contribution in [0.5, 0.6) is 0 Å². The molecule has 0 fully saturated rings. The van der Waals surface area contributed by atoms with Crippen molar-refractivity contribution in [2.45, 2.75) is 20.3 Å². The summed E-state index contributed by atoms with van der Waals surface area (Å²) in [5.41, 5.74) is 5.39. The van der Waals surface area contributed by atoms with Gasteiger partial charge in [-0.3, -0.25) is 9.59 Å². The van der Waals surface area contributed by atoms with Gasteiger partial charge in [-0.15, -0.1) is 0 Å². The van der Waals surface area contributed by atoms with Crippen molar-refractivity contribution in [3.63, 3.8) is 0 Å². The molecule has 0 aliphatic carbocycles. The number of rotatable bonds is 5. The normalized spacial score (nSPS) is 10.7. The fraction of sp³-hybridized carbons (Fsp3) is 0.130. The summed E-state index contributed by atoms with van der Waals surface area (Å²) < 4.78 is 6.07. The number of hydrogen-bond acceptors (Lipinski definition) is 4. The summed E-state index contributed by atoms with van der Waals surface area (Å²) >= 11 is 1.15. The Balaban J connectivity index is 1.68. The van der Waals surface area contributed by atoms with Crippen LogP contribution in [0.15, 0.2) is 54.7 Å². The number of fused-ring (bicyclic) bond motifs is 1. The maximum absolute atomic E-state index is 12.9. The topological polar surface area (TPSA) is 67.8 Å². The van der Waals surface area contributed by atoms with E-state index in [0.717, 1.165) is 34.0 Å². The first kappa shape index (κ1) is 19.6. The highest BCUT2D eigenvalue weighted by Gasteiger charge is 2.22. The van der Waals surface area contributed by atoms with Crippen LogP contribution in [0.25, 0.3) is 10.4 Å². The van der Waals surface area contributed by atoms with Gasteiger partial charge in [0.15, 0.2) is 5.69 Å². The van der Waals surface area contributed by atoms with Crippen molar-refractivity contribution in [3.05, 3.63) is 94.2 Å². The molecule has 4 rings (SSSR count). The van der Waals surface area contributed by atoms with E-state index in [9.17, 15) is 9.59 Å². The maximum atomic E-state index is 12.9. The van der Waals surface area contributed by atoms with Crippen LogP contribution in [0.1, 0.15) is 32.9 Å². The smallest absolute Gasteiger partial charge is 0.297 e. The summed E-state index contributed by atoms with van der Waals surface area (Å²) in [6.45, 7) is 10.9. The lowest BCUT2D eigenvalue weighted by Crippen LogP contribution is -2.22. The van der Waals surface area contributed by atoms with Gasteiger partial charge in [0, 0.05) is 18.3 Å². The number of carbonyl (C=O) groups excluding carboxylic acids is 2. The zero-order valence-corrected chi connectivity index (χ0v) is 17.3. The number of ketones is 1. The highest BCUT2D eigenvalue weighted by Crippen LogP contribution is 2.23. The lowest BCUT2D eigenvalue weighted by Gasteiger charge is -2.05. The van der Waals surface area contributed by atoms with Crippen LogP contribution in [0.4, 0.5) is 10.7 Å². The van der Waals surface area contributed by atoms with Gasteiger partial charge in [0.2, 0.25) is 0 Å². The quantitative estimate of drug-likeness (QED) is 0.285. The highest BCUT2D eigenvalue weighted by atomic mass is 32.1. The Morgan fingerprint density at radius 2 is 1.90 bits per heavy atom. The van der Waals surface area contributed by atoms with E-state index >= 15 is 0 Å². The van der Waals surface area contributed by atoms with Gasteiger partial charge in [0.25, 0.3) is 11.7 Å². The molecule has 148 valence electrons. The van der Waals surface area contributed by atoms with E-state index in [1.807, 2.05) is 48.7 Å². The standard InChI is InChI=1S/C23H18N4O2S/c1-14-4-9-20-19(22(28)23(29)25-21-10-15(2)26-30-21)12-18(27(20)13-14)11-16-5-7-17(24-3)8-6-16/h4-10,12-13H,11H2,1-2H3,(H,25,29). The van der Waals surface area contributed by atoms with E-state index in [0.29, 0.717) is 28.2 Å². The molecule has 30 heavy (non-hydrogen) atoms. The fourth-order valence-corrected chi connectivity index (χ4v) is 3.96. The van der Waals surface area contributed by atoms with Gasteiger partial charge < -0.3 is 9.72 Å². The minimum atomic E-state index is -0.681. The van der Waals surface area contributed by atoms with Crippen LogP contribution < -0.4 is 5.32 Å². The van der Waals surface area contributed by atoms with Crippen molar-refractivity contribution >= 4 is 39.4 Å². The average Bonchev–Trinajstić information content (AvgIpc) is 3.31. The zero-order chi connectivity index (χ0) is 21.3. The molecule has 4 aromatic rings. The van der Waals surface area contributed by atoms with Crippen molar-refractivity contribution in [1.29, 1.82) is 0 Å². The van der Waals surface area contributed by atoms with Crippen LogP contribution >= 0.6 is 11.5 Å². The Bertz CT molecular complexity index is 1310. The monoisotopic (exact) mass is 414 g/mol. The number of nitrogens with zero attached hydrogens (tertiary/aromatic N) is 3. The van der Waals surface area contributed by atoms with Gasteiger partial charge in [-0.2, -0.15) is 4.37 Å². The molecule has 0 aliphatic heterocycles. The molecule has 0 aliphatic rings.